The highest BCUT2D eigenvalue weighted by atomic mass is 35.5. The molecule has 1 atom stereocenters. The lowest BCUT2D eigenvalue weighted by molar-refractivity contribution is -0.154. The molecule has 0 saturated heterocycles. The van der Waals surface area contributed by atoms with Crippen LogP contribution in [-0.4, -0.2) is 27.3 Å². The molecule has 18 heavy (non-hydrogen) atoms. The van der Waals surface area contributed by atoms with E-state index < -0.39 is 11.6 Å². The summed E-state index contributed by atoms with van der Waals surface area (Å²) < 4.78 is 28.8. The molecule has 4 nitrogen and oxygen atoms in total. The Morgan fingerprint density at radius 3 is 2.17 bits per heavy atom. The molecule has 1 aromatic carbocycles. The fourth-order valence-electron chi connectivity index (χ4n) is 1.52. The second-order valence-corrected chi connectivity index (χ2v) is 4.09. The number of benzene rings is 1. The molecule has 0 aromatic heterocycles. The molecular weight excluding hydrogens is 263 g/mol. The minimum absolute atomic E-state index is 0.0336. The molecule has 1 rings (SSSR count). The summed E-state index contributed by atoms with van der Waals surface area (Å²) in [5.41, 5.74) is -2.39. The smallest absolute Gasteiger partial charge is 0.348 e. The molecule has 0 fully saturated rings. The van der Waals surface area contributed by atoms with E-state index in [-0.39, 0.29) is 16.3 Å². The summed E-state index contributed by atoms with van der Waals surface area (Å²) in [6.07, 6.45) is 0. The Labute approximate surface area is 110 Å². The Morgan fingerprint density at radius 2 is 1.72 bits per heavy atom. The number of carbonyl (C=O) groups excluding carboxylic acids is 1. The van der Waals surface area contributed by atoms with Crippen molar-refractivity contribution >= 4 is 17.6 Å². The molecule has 0 radical (unpaired) electrons. The maximum absolute atomic E-state index is 14.4. The van der Waals surface area contributed by atoms with Crippen LogP contribution in [0.5, 0.6) is 11.5 Å². The van der Waals surface area contributed by atoms with E-state index in [0.29, 0.717) is 5.75 Å². The highest BCUT2D eigenvalue weighted by Gasteiger charge is 2.39. The van der Waals surface area contributed by atoms with Gasteiger partial charge in [-0.15, -0.1) is 0 Å². The van der Waals surface area contributed by atoms with Gasteiger partial charge in [-0.1, -0.05) is 11.6 Å². The molecule has 100 valence electrons. The highest BCUT2D eigenvalue weighted by molar-refractivity contribution is 6.32. The first-order chi connectivity index (χ1) is 8.38. The van der Waals surface area contributed by atoms with Crippen LogP contribution in [-0.2, 0) is 15.2 Å². The summed E-state index contributed by atoms with van der Waals surface area (Å²) >= 11 is 5.94. The van der Waals surface area contributed by atoms with Crippen LogP contribution in [0.1, 0.15) is 12.5 Å². The fraction of sp³-hybridized carbons (Fsp3) is 0.417. The average Bonchev–Trinajstić information content (AvgIpc) is 2.36. The maximum atomic E-state index is 14.4. The lowest BCUT2D eigenvalue weighted by Crippen LogP contribution is -2.29. The van der Waals surface area contributed by atoms with Crippen molar-refractivity contribution in [2.45, 2.75) is 12.6 Å². The summed E-state index contributed by atoms with van der Waals surface area (Å²) in [4.78, 5) is 11.4. The topological polar surface area (TPSA) is 44.8 Å². The molecule has 0 heterocycles. The Hall–Kier alpha value is -1.49. The van der Waals surface area contributed by atoms with Crippen molar-refractivity contribution in [2.75, 3.05) is 21.3 Å². The number of ether oxygens (including phenoxy) is 3. The van der Waals surface area contributed by atoms with E-state index in [4.69, 9.17) is 21.1 Å². The summed E-state index contributed by atoms with van der Waals surface area (Å²) in [6.45, 7) is 1.08. The van der Waals surface area contributed by atoms with Crippen LogP contribution in [0.2, 0.25) is 5.02 Å². The van der Waals surface area contributed by atoms with E-state index in [0.717, 1.165) is 14.0 Å². The first-order valence-electron chi connectivity index (χ1n) is 5.07. The van der Waals surface area contributed by atoms with Crippen molar-refractivity contribution in [3.8, 4) is 11.5 Å². The molecule has 0 aliphatic rings. The van der Waals surface area contributed by atoms with Gasteiger partial charge in [0.05, 0.1) is 26.4 Å². The Balaban J connectivity index is 3.37. The first-order valence-corrected chi connectivity index (χ1v) is 5.45. The van der Waals surface area contributed by atoms with Crippen LogP contribution in [0.25, 0.3) is 0 Å². The zero-order valence-electron chi connectivity index (χ0n) is 10.5. The van der Waals surface area contributed by atoms with Crippen LogP contribution in [0.3, 0.4) is 0 Å². The average molecular weight is 277 g/mol. The van der Waals surface area contributed by atoms with Gasteiger partial charge in [-0.3, -0.25) is 0 Å². The third-order valence-corrected chi connectivity index (χ3v) is 2.86. The fourth-order valence-corrected chi connectivity index (χ4v) is 1.85. The van der Waals surface area contributed by atoms with Gasteiger partial charge in [0.25, 0.3) is 0 Å². The van der Waals surface area contributed by atoms with Crippen molar-refractivity contribution in [2.24, 2.45) is 0 Å². The number of hydrogen-bond acceptors (Lipinski definition) is 4. The van der Waals surface area contributed by atoms with Crippen LogP contribution in [0, 0.1) is 0 Å². The number of rotatable bonds is 4. The zero-order valence-corrected chi connectivity index (χ0v) is 11.3. The number of esters is 1. The Bertz CT molecular complexity index is 460. The summed E-state index contributed by atoms with van der Waals surface area (Å²) in [7, 11) is 3.95. The molecule has 0 amide bonds. The Morgan fingerprint density at radius 1 is 1.22 bits per heavy atom. The molecule has 0 aliphatic heterocycles. The number of halogens is 2. The third-order valence-electron chi connectivity index (χ3n) is 2.55. The molecule has 0 aliphatic carbocycles. The summed E-state index contributed by atoms with van der Waals surface area (Å²) in [6, 6.07) is 2.70. The number of hydrogen-bond donors (Lipinski definition) is 0. The third kappa shape index (κ3) is 2.51. The predicted octanol–water partition coefficient (Wildman–Crippen LogP) is 2.71. The molecule has 0 saturated carbocycles. The maximum Gasteiger partial charge on any atom is 0.348 e. The van der Waals surface area contributed by atoms with Gasteiger partial charge in [0, 0.05) is 11.6 Å². The van der Waals surface area contributed by atoms with Crippen molar-refractivity contribution in [1.29, 1.82) is 0 Å². The second-order valence-electron chi connectivity index (χ2n) is 3.68. The summed E-state index contributed by atoms with van der Waals surface area (Å²) in [5, 5.41) is 0.0584. The standard InChI is InChI=1S/C12H14ClFO4/c1-12(14,11(15)18-4)7-5-9(16-2)10(17-3)6-8(7)13/h5-6H,1-4H3. The lowest BCUT2D eigenvalue weighted by atomic mass is 9.97. The van der Waals surface area contributed by atoms with Crippen molar-refractivity contribution in [1.82, 2.24) is 0 Å². The van der Waals surface area contributed by atoms with Crippen LogP contribution >= 0.6 is 11.6 Å². The van der Waals surface area contributed by atoms with Gasteiger partial charge in [-0.2, -0.15) is 0 Å². The van der Waals surface area contributed by atoms with E-state index >= 15 is 0 Å². The van der Waals surface area contributed by atoms with Crippen LogP contribution < -0.4 is 9.47 Å². The molecule has 1 aromatic rings. The minimum atomic E-state index is -2.36. The molecule has 1 unspecified atom stereocenters. The van der Waals surface area contributed by atoms with E-state index in [9.17, 15) is 9.18 Å². The minimum Gasteiger partial charge on any atom is -0.493 e. The largest absolute Gasteiger partial charge is 0.493 e. The first kappa shape index (κ1) is 14.6. The van der Waals surface area contributed by atoms with Crippen molar-refractivity contribution in [3.05, 3.63) is 22.7 Å². The van der Waals surface area contributed by atoms with Crippen LogP contribution in [0.4, 0.5) is 4.39 Å². The van der Waals surface area contributed by atoms with Gasteiger partial charge in [-0.25, -0.2) is 9.18 Å². The van der Waals surface area contributed by atoms with Crippen molar-refractivity contribution < 1.29 is 23.4 Å². The molecule has 0 N–H and O–H groups in total. The van der Waals surface area contributed by atoms with Gasteiger partial charge in [0.1, 0.15) is 0 Å². The highest BCUT2D eigenvalue weighted by Crippen LogP contribution is 2.40. The number of alkyl halides is 1. The normalized spacial score (nSPS) is 13.7. The lowest BCUT2D eigenvalue weighted by Gasteiger charge is -2.20. The van der Waals surface area contributed by atoms with Crippen LogP contribution in [0.15, 0.2) is 12.1 Å². The molecule has 0 spiro atoms. The zero-order chi connectivity index (χ0) is 13.9. The number of carbonyl (C=O) groups is 1. The van der Waals surface area contributed by atoms with Gasteiger partial charge in [0.15, 0.2) is 11.5 Å². The molecular formula is C12H14ClFO4. The molecule has 0 bridgehead atoms. The Kier molecular flexibility index (Phi) is 4.40. The van der Waals surface area contributed by atoms with Crippen molar-refractivity contribution in [3.63, 3.8) is 0 Å². The monoisotopic (exact) mass is 276 g/mol. The predicted molar refractivity (Wildman–Crippen MR) is 65.0 cm³/mol. The SMILES string of the molecule is COC(=O)C(C)(F)c1cc(OC)c(OC)cc1Cl. The quantitative estimate of drug-likeness (QED) is 0.793. The van der Waals surface area contributed by atoms with E-state index in [1.54, 1.807) is 0 Å². The van der Waals surface area contributed by atoms with E-state index in [1.807, 2.05) is 0 Å². The number of methoxy groups -OCH3 is 3. The second kappa shape index (κ2) is 5.44. The van der Waals surface area contributed by atoms with E-state index in [1.165, 1.54) is 26.4 Å². The van der Waals surface area contributed by atoms with Gasteiger partial charge >= 0.3 is 5.97 Å². The van der Waals surface area contributed by atoms with E-state index in [2.05, 4.69) is 4.74 Å². The van der Waals surface area contributed by atoms with Gasteiger partial charge in [0.2, 0.25) is 5.67 Å². The summed E-state index contributed by atoms with van der Waals surface area (Å²) in [5.74, 6) is -0.395. The van der Waals surface area contributed by atoms with Gasteiger partial charge in [-0.05, 0) is 13.0 Å². The van der Waals surface area contributed by atoms with Gasteiger partial charge < -0.3 is 14.2 Å². The molecule has 6 heteroatoms.